The van der Waals surface area contributed by atoms with Gasteiger partial charge in [-0.15, -0.1) is 0 Å². The van der Waals surface area contributed by atoms with Crippen LogP contribution in [0.15, 0.2) is 53.5 Å². The van der Waals surface area contributed by atoms with Gasteiger partial charge in [0, 0.05) is 10.1 Å². The summed E-state index contributed by atoms with van der Waals surface area (Å²) in [4.78, 5) is 10.7. The van der Waals surface area contributed by atoms with E-state index in [0.29, 0.717) is 33.5 Å². The van der Waals surface area contributed by atoms with Crippen molar-refractivity contribution in [2.45, 2.75) is 13.3 Å². The Bertz CT molecular complexity index is 718. The molecule has 0 aliphatic rings. The van der Waals surface area contributed by atoms with Crippen LogP contribution in [0.1, 0.15) is 18.9 Å². The predicted molar refractivity (Wildman–Crippen MR) is 95.1 cm³/mol. The molecule has 0 fully saturated rings. The van der Waals surface area contributed by atoms with Gasteiger partial charge in [0.1, 0.15) is 11.5 Å². The number of carbonyl (C=O) groups excluding carboxylic acids is 1. The van der Waals surface area contributed by atoms with Crippen LogP contribution in [0, 0.1) is 11.3 Å². The van der Waals surface area contributed by atoms with Crippen molar-refractivity contribution in [1.82, 2.24) is 0 Å². The normalized spacial score (nSPS) is 12.1. The van der Waals surface area contributed by atoms with E-state index >= 15 is 0 Å². The minimum absolute atomic E-state index is 0.242. The topological polar surface area (TPSA) is 59.3 Å². The third kappa shape index (κ3) is 8.07. The van der Waals surface area contributed by atoms with Crippen LogP contribution in [0.5, 0.6) is 5.75 Å². The highest BCUT2D eigenvalue weighted by Crippen LogP contribution is 2.21. The average molecular weight is 387 g/mol. The highest BCUT2D eigenvalue weighted by molar-refractivity contribution is 6.63. The quantitative estimate of drug-likeness (QED) is 0.345. The maximum atomic E-state index is 10.7. The zero-order valence-corrected chi connectivity index (χ0v) is 15.0. The van der Waals surface area contributed by atoms with Crippen molar-refractivity contribution in [2.75, 3.05) is 6.61 Å². The Morgan fingerprint density at radius 3 is 2.71 bits per heavy atom. The molecule has 0 saturated carbocycles. The minimum Gasteiger partial charge on any atom is -0.485 e. The van der Waals surface area contributed by atoms with Crippen molar-refractivity contribution in [3.8, 4) is 11.8 Å². The number of halogens is 3. The fourth-order valence-corrected chi connectivity index (χ4v) is 2.00. The molecule has 4 nitrogen and oxygen atoms in total. The number of ether oxygens (including phenoxy) is 2. The van der Waals surface area contributed by atoms with Gasteiger partial charge >= 0.3 is 0 Å². The highest BCUT2D eigenvalue weighted by Gasteiger charge is 2.01. The SMILES string of the molecule is CC\C=C(/C=C(Cl)\C=C\Oc1cc(Cl)cc(C#N)c1)OCC(=O)Cl. The molecule has 126 valence electrons. The molecule has 24 heavy (non-hydrogen) atoms. The van der Waals surface area contributed by atoms with Gasteiger partial charge in [0.25, 0.3) is 5.24 Å². The number of rotatable bonds is 8. The zero-order valence-electron chi connectivity index (χ0n) is 12.8. The predicted octanol–water partition coefficient (Wildman–Crippen LogP) is 5.30. The lowest BCUT2D eigenvalue weighted by Crippen LogP contribution is -2.00. The van der Waals surface area contributed by atoms with Crippen LogP contribution in [0.2, 0.25) is 5.02 Å². The number of nitriles is 1. The Labute approximate surface area is 155 Å². The van der Waals surface area contributed by atoms with E-state index in [9.17, 15) is 4.79 Å². The van der Waals surface area contributed by atoms with Gasteiger partial charge in [0.05, 0.1) is 17.9 Å². The van der Waals surface area contributed by atoms with Crippen LogP contribution in [0.4, 0.5) is 0 Å². The van der Waals surface area contributed by atoms with Crippen LogP contribution in [-0.2, 0) is 9.53 Å². The number of benzene rings is 1. The van der Waals surface area contributed by atoms with Crippen LogP contribution < -0.4 is 4.74 Å². The summed E-state index contributed by atoms with van der Waals surface area (Å²) in [5.41, 5.74) is 0.389. The Morgan fingerprint density at radius 2 is 2.08 bits per heavy atom. The molecule has 0 aliphatic heterocycles. The molecule has 1 rings (SSSR count). The molecule has 0 atom stereocenters. The summed E-state index contributed by atoms with van der Waals surface area (Å²) in [6.07, 6.45) is 6.83. The van der Waals surface area contributed by atoms with Gasteiger partial charge in [-0.2, -0.15) is 5.26 Å². The third-order valence-electron chi connectivity index (χ3n) is 2.47. The van der Waals surface area contributed by atoms with E-state index in [2.05, 4.69) is 0 Å². The van der Waals surface area contributed by atoms with E-state index in [1.165, 1.54) is 24.5 Å². The molecule has 7 heteroatoms. The van der Waals surface area contributed by atoms with E-state index < -0.39 is 5.24 Å². The van der Waals surface area contributed by atoms with Crippen LogP contribution >= 0.6 is 34.8 Å². The molecular formula is C17H14Cl3NO3. The molecule has 0 radical (unpaired) electrons. The summed E-state index contributed by atoms with van der Waals surface area (Å²) in [7, 11) is 0. The zero-order chi connectivity index (χ0) is 17.9. The second-order valence-electron chi connectivity index (χ2n) is 4.40. The van der Waals surface area contributed by atoms with Gasteiger partial charge < -0.3 is 9.47 Å². The first-order valence-corrected chi connectivity index (χ1v) is 8.00. The molecule has 1 aromatic rings. The molecule has 1 aromatic carbocycles. The lowest BCUT2D eigenvalue weighted by Gasteiger charge is -2.04. The fraction of sp³-hybridized carbons (Fsp3) is 0.176. The Morgan fingerprint density at radius 1 is 1.33 bits per heavy atom. The number of nitrogens with zero attached hydrogens (tertiary/aromatic N) is 1. The van der Waals surface area contributed by atoms with E-state index in [4.69, 9.17) is 49.5 Å². The van der Waals surface area contributed by atoms with Gasteiger partial charge in [-0.25, -0.2) is 0 Å². The molecule has 0 aromatic heterocycles. The van der Waals surface area contributed by atoms with Gasteiger partial charge in [-0.05, 0) is 54.4 Å². The summed E-state index contributed by atoms with van der Waals surface area (Å²) in [5, 5.41) is 8.98. The van der Waals surface area contributed by atoms with Crippen LogP contribution in [0.3, 0.4) is 0 Å². The summed E-state index contributed by atoms with van der Waals surface area (Å²) < 4.78 is 10.6. The van der Waals surface area contributed by atoms with Gasteiger partial charge in [0.15, 0.2) is 6.61 Å². The van der Waals surface area contributed by atoms with Crippen molar-refractivity contribution in [3.63, 3.8) is 0 Å². The first-order valence-electron chi connectivity index (χ1n) is 6.87. The van der Waals surface area contributed by atoms with Gasteiger partial charge in [0.2, 0.25) is 0 Å². The Hall–Kier alpha value is -1.93. The maximum absolute atomic E-state index is 10.7. The van der Waals surface area contributed by atoms with E-state index in [-0.39, 0.29) is 6.61 Å². The Kier molecular flexibility index (Phi) is 9.03. The molecule has 0 heterocycles. The fourth-order valence-electron chi connectivity index (χ4n) is 1.56. The third-order valence-corrected chi connectivity index (χ3v) is 3.03. The van der Waals surface area contributed by atoms with Crippen molar-refractivity contribution in [3.05, 3.63) is 64.1 Å². The molecule has 0 unspecified atom stereocenters. The monoisotopic (exact) mass is 385 g/mol. The second kappa shape index (κ2) is 10.8. The minimum atomic E-state index is -0.602. The number of allylic oxidation sites excluding steroid dienone is 4. The Balaban J connectivity index is 2.74. The molecular weight excluding hydrogens is 373 g/mol. The number of hydrogen-bond acceptors (Lipinski definition) is 4. The molecule has 0 spiro atoms. The van der Waals surface area contributed by atoms with Crippen LogP contribution in [-0.4, -0.2) is 11.8 Å². The molecule has 0 saturated heterocycles. The second-order valence-corrected chi connectivity index (χ2v) is 5.69. The largest absolute Gasteiger partial charge is 0.485 e. The molecule has 0 amide bonds. The summed E-state index contributed by atoms with van der Waals surface area (Å²) in [6, 6.07) is 6.63. The summed E-state index contributed by atoms with van der Waals surface area (Å²) in [6.45, 7) is 1.67. The van der Waals surface area contributed by atoms with Crippen molar-refractivity contribution in [2.24, 2.45) is 0 Å². The van der Waals surface area contributed by atoms with Gasteiger partial charge in [-0.3, -0.25) is 4.79 Å². The number of carbonyl (C=O) groups is 1. The molecule has 0 aliphatic carbocycles. The van der Waals surface area contributed by atoms with Crippen LogP contribution in [0.25, 0.3) is 0 Å². The van der Waals surface area contributed by atoms with E-state index in [1.807, 2.05) is 13.0 Å². The summed E-state index contributed by atoms with van der Waals surface area (Å²) in [5.74, 6) is 0.837. The highest BCUT2D eigenvalue weighted by atomic mass is 35.5. The lowest BCUT2D eigenvalue weighted by atomic mass is 10.2. The number of hydrogen-bond donors (Lipinski definition) is 0. The van der Waals surface area contributed by atoms with Gasteiger partial charge in [-0.1, -0.05) is 30.1 Å². The standard InChI is InChI=1S/C17H14Cl3NO3/c1-2-3-15(24-11-17(20)22)8-13(18)4-5-23-16-7-12(10-21)6-14(19)9-16/h3-9H,2,11H2,1H3/b5-4+,13-8+,15-3+. The van der Waals surface area contributed by atoms with Crippen molar-refractivity contribution in [1.29, 1.82) is 5.26 Å². The summed E-state index contributed by atoms with van der Waals surface area (Å²) >= 11 is 17.2. The van der Waals surface area contributed by atoms with Crippen molar-refractivity contribution < 1.29 is 14.3 Å². The lowest BCUT2D eigenvalue weighted by molar-refractivity contribution is -0.114. The van der Waals surface area contributed by atoms with E-state index in [1.54, 1.807) is 18.2 Å². The molecule has 0 bridgehead atoms. The average Bonchev–Trinajstić information content (AvgIpc) is 2.52. The maximum Gasteiger partial charge on any atom is 0.259 e. The molecule has 0 N–H and O–H groups in total. The first kappa shape index (κ1) is 20.1. The van der Waals surface area contributed by atoms with E-state index in [0.717, 1.165) is 0 Å². The van der Waals surface area contributed by atoms with Crippen molar-refractivity contribution >= 4 is 40.0 Å². The smallest absolute Gasteiger partial charge is 0.259 e. The first-order chi connectivity index (χ1) is 11.4.